The van der Waals surface area contributed by atoms with Gasteiger partial charge in [0.2, 0.25) is 17.7 Å². The minimum atomic E-state index is -0.945. The lowest BCUT2D eigenvalue weighted by atomic mass is 10.0. The standard InChI is InChI=1S/C66H78N10O11/c1-42(2)62(71-59(77)17-10-8-11-25-75-60(78)22-23-61(75)79)64(81)69-43(3)63(80)70-48-16-14-15-45(33-48)47-34-50-39-68-54-38-58(56(85-7)36-52(54)66(83)76(50)41-47)87-32-13-9-12-31-86-57-37-53(67-4)51(35-55(57)84-6)65(82)74-26-24-46(40-74)44-18-20-49(21-19-44)73-29-27-72(5)28-30-73/h14-16,18-23,33,35-43,50,62H,4,8-13,17,24-32,34H2,1-3,5-7H3,(H,69,81)(H,70,80)(H,71,77). The Kier molecular flexibility index (Phi) is 20.7. The molecule has 5 heterocycles. The number of unbranched alkanes of at least 4 members (excludes halogenated alkanes) is 4. The van der Waals surface area contributed by atoms with Crippen molar-refractivity contribution in [3.05, 3.63) is 120 Å². The summed E-state index contributed by atoms with van der Waals surface area (Å²) in [4.78, 5) is 110. The first-order valence-corrected chi connectivity index (χ1v) is 29.9. The van der Waals surface area contributed by atoms with E-state index in [1.165, 1.54) is 29.8 Å². The third-order valence-corrected chi connectivity index (χ3v) is 16.2. The highest BCUT2D eigenvalue weighted by Crippen LogP contribution is 2.41. The van der Waals surface area contributed by atoms with E-state index in [4.69, 9.17) is 23.9 Å². The summed E-state index contributed by atoms with van der Waals surface area (Å²) < 4.78 is 23.8. The van der Waals surface area contributed by atoms with Gasteiger partial charge in [0.15, 0.2) is 23.0 Å². The van der Waals surface area contributed by atoms with Crippen molar-refractivity contribution < 1.29 is 52.5 Å². The molecule has 1 saturated heterocycles. The molecule has 4 aromatic rings. The lowest BCUT2D eigenvalue weighted by Crippen LogP contribution is -2.53. The fraction of sp³-hybridized carbons (Fsp3) is 0.409. The molecule has 7 amide bonds. The second-order valence-corrected chi connectivity index (χ2v) is 22.7. The summed E-state index contributed by atoms with van der Waals surface area (Å²) in [5.41, 5.74) is 7.14. The van der Waals surface area contributed by atoms with Gasteiger partial charge in [0.1, 0.15) is 12.1 Å². The summed E-state index contributed by atoms with van der Waals surface area (Å²) in [6, 6.07) is 20.4. The molecule has 9 rings (SSSR count). The number of amides is 7. The highest BCUT2D eigenvalue weighted by molar-refractivity contribution is 6.13. The highest BCUT2D eigenvalue weighted by Gasteiger charge is 2.35. The van der Waals surface area contributed by atoms with Gasteiger partial charge in [-0.05, 0) is 124 Å². The molecule has 0 bridgehead atoms. The average Bonchev–Trinajstić information content (AvgIpc) is 1.91. The normalized spacial score (nSPS) is 17.1. The van der Waals surface area contributed by atoms with Crippen LogP contribution in [0.5, 0.6) is 23.0 Å². The number of piperazine rings is 1. The third kappa shape index (κ3) is 15.3. The second-order valence-electron chi connectivity index (χ2n) is 22.7. The number of carbonyl (C=O) groups excluding carboxylic acids is 7. The van der Waals surface area contributed by atoms with Crippen LogP contribution in [-0.4, -0.2) is 166 Å². The van der Waals surface area contributed by atoms with Crippen LogP contribution in [0.25, 0.3) is 11.1 Å². The number of methoxy groups -OCH3 is 2. The fourth-order valence-corrected chi connectivity index (χ4v) is 11.1. The first-order valence-electron chi connectivity index (χ1n) is 29.9. The van der Waals surface area contributed by atoms with Gasteiger partial charge in [0, 0.05) is 106 Å². The number of hydrogen-bond acceptors (Lipinski definition) is 15. The first-order chi connectivity index (χ1) is 42.0. The van der Waals surface area contributed by atoms with Crippen LogP contribution in [0.1, 0.15) is 110 Å². The molecule has 0 spiro atoms. The van der Waals surface area contributed by atoms with E-state index in [0.717, 1.165) is 61.3 Å². The quantitative estimate of drug-likeness (QED) is 0.0290. The van der Waals surface area contributed by atoms with Crippen LogP contribution in [0.2, 0.25) is 0 Å². The van der Waals surface area contributed by atoms with Gasteiger partial charge in [0.25, 0.3) is 23.6 Å². The molecule has 87 heavy (non-hydrogen) atoms. The number of benzene rings is 4. The fourth-order valence-electron chi connectivity index (χ4n) is 11.1. The van der Waals surface area contributed by atoms with Crippen molar-refractivity contribution in [2.45, 2.75) is 96.7 Å². The predicted molar refractivity (Wildman–Crippen MR) is 334 cm³/mol. The lowest BCUT2D eigenvalue weighted by molar-refractivity contribution is -0.137. The van der Waals surface area contributed by atoms with Crippen LogP contribution in [0.4, 0.5) is 22.7 Å². The summed E-state index contributed by atoms with van der Waals surface area (Å²) in [6.45, 7) is 14.6. The van der Waals surface area contributed by atoms with E-state index in [0.29, 0.717) is 109 Å². The number of aliphatic imine (C=N–C) groups is 2. The van der Waals surface area contributed by atoms with Gasteiger partial charge in [-0.2, -0.15) is 0 Å². The molecule has 5 aliphatic rings. The Morgan fingerprint density at radius 3 is 2.10 bits per heavy atom. The van der Waals surface area contributed by atoms with Gasteiger partial charge in [0.05, 0.1) is 56.0 Å². The molecule has 1 fully saturated rings. The Morgan fingerprint density at radius 2 is 1.41 bits per heavy atom. The Hall–Kier alpha value is -9.11. The molecule has 21 heteroatoms. The Morgan fingerprint density at radius 1 is 0.724 bits per heavy atom. The maximum absolute atomic E-state index is 14.2. The van der Waals surface area contributed by atoms with Gasteiger partial charge in [-0.15, -0.1) is 0 Å². The minimum absolute atomic E-state index is 0.159. The Labute approximate surface area is 508 Å². The largest absolute Gasteiger partial charge is 0.493 e. The van der Waals surface area contributed by atoms with Gasteiger partial charge >= 0.3 is 0 Å². The second kappa shape index (κ2) is 28.9. The zero-order valence-corrected chi connectivity index (χ0v) is 50.5. The summed E-state index contributed by atoms with van der Waals surface area (Å²) >= 11 is 0. The number of likely N-dealkylation sites (N-methyl/N-ethyl adjacent to an activating group) is 1. The van der Waals surface area contributed by atoms with Crippen molar-refractivity contribution >= 4 is 88.2 Å². The van der Waals surface area contributed by atoms with E-state index in [-0.39, 0.29) is 54.5 Å². The lowest BCUT2D eigenvalue weighted by Gasteiger charge is -2.34. The molecule has 458 valence electrons. The molecule has 3 unspecified atom stereocenters. The topological polar surface area (TPSA) is 233 Å². The zero-order valence-electron chi connectivity index (χ0n) is 50.5. The van der Waals surface area contributed by atoms with Gasteiger partial charge < -0.3 is 54.5 Å². The van der Waals surface area contributed by atoms with Crippen molar-refractivity contribution in [3.8, 4) is 23.0 Å². The van der Waals surface area contributed by atoms with E-state index >= 15 is 0 Å². The number of carbonyl (C=O) groups is 7. The van der Waals surface area contributed by atoms with Crippen LogP contribution in [-0.2, 0) is 24.0 Å². The molecule has 0 aromatic heterocycles. The summed E-state index contributed by atoms with van der Waals surface area (Å²) in [5.74, 6) is -0.931. The Balaban J connectivity index is 0.718. The molecular weight excluding hydrogens is 1110 g/mol. The van der Waals surface area contributed by atoms with Crippen molar-refractivity contribution in [2.75, 3.05) is 84.0 Å². The number of anilines is 2. The van der Waals surface area contributed by atoms with Crippen LogP contribution < -0.4 is 39.8 Å². The molecule has 0 radical (unpaired) electrons. The van der Waals surface area contributed by atoms with Crippen LogP contribution in [0.15, 0.2) is 107 Å². The zero-order chi connectivity index (χ0) is 61.7. The van der Waals surface area contributed by atoms with Gasteiger partial charge in [-0.25, -0.2) is 0 Å². The SMILES string of the molecule is C=Nc1cc(OCCCCCOc2cc3c(cc2OC)C(=O)N2C=C(c4cccc(NC(=O)C(C)NC(=O)C(NC(=O)CCCCCN5C(=O)C=CC5=O)C(C)C)c4)CC2C=N3)c(OC)cc1C(=O)N1C=C(c2ccc(N3CCN(C)CC3)cc2)CC1. The van der Waals surface area contributed by atoms with Crippen molar-refractivity contribution in [2.24, 2.45) is 15.9 Å². The smallest absolute Gasteiger partial charge is 0.260 e. The van der Waals surface area contributed by atoms with Crippen LogP contribution in [0.3, 0.4) is 0 Å². The number of nitrogens with zero attached hydrogens (tertiary/aromatic N) is 7. The number of rotatable bonds is 27. The van der Waals surface area contributed by atoms with Crippen LogP contribution in [0, 0.1) is 5.92 Å². The van der Waals surface area contributed by atoms with Crippen LogP contribution >= 0.6 is 0 Å². The number of fused-ring (bicyclic) bond motifs is 2. The van der Waals surface area contributed by atoms with Gasteiger partial charge in [-0.3, -0.25) is 48.4 Å². The molecule has 5 aliphatic heterocycles. The maximum Gasteiger partial charge on any atom is 0.260 e. The maximum atomic E-state index is 14.2. The Bertz CT molecular complexity index is 3370. The molecule has 3 N–H and O–H groups in total. The summed E-state index contributed by atoms with van der Waals surface area (Å²) in [5, 5.41) is 8.41. The number of imide groups is 1. The number of nitrogens with one attached hydrogen (secondary N) is 3. The van der Waals surface area contributed by atoms with Gasteiger partial charge in [-0.1, -0.05) is 44.5 Å². The molecule has 0 saturated carbocycles. The third-order valence-electron chi connectivity index (χ3n) is 16.2. The summed E-state index contributed by atoms with van der Waals surface area (Å²) in [6.07, 6.45) is 13.2. The molecule has 0 aliphatic carbocycles. The minimum Gasteiger partial charge on any atom is -0.493 e. The molecule has 3 atom stereocenters. The highest BCUT2D eigenvalue weighted by atomic mass is 16.5. The number of hydrogen-bond donors (Lipinski definition) is 3. The van der Waals surface area contributed by atoms with E-state index < -0.39 is 23.9 Å². The number of ether oxygens (including phenoxy) is 4. The van der Waals surface area contributed by atoms with E-state index in [9.17, 15) is 33.6 Å². The summed E-state index contributed by atoms with van der Waals surface area (Å²) in [7, 11) is 5.22. The molecule has 4 aromatic carbocycles. The molecular formula is C66H78N10O11. The van der Waals surface area contributed by atoms with Crippen molar-refractivity contribution in [1.82, 2.24) is 30.2 Å². The van der Waals surface area contributed by atoms with Crippen molar-refractivity contribution in [3.63, 3.8) is 0 Å². The van der Waals surface area contributed by atoms with E-state index in [1.807, 2.05) is 18.3 Å². The van der Waals surface area contributed by atoms with Crippen molar-refractivity contribution in [1.29, 1.82) is 0 Å². The first kappa shape index (κ1) is 62.4. The predicted octanol–water partition coefficient (Wildman–Crippen LogP) is 8.34. The molecule has 21 nitrogen and oxygen atoms in total. The van der Waals surface area contributed by atoms with E-state index in [1.54, 1.807) is 86.5 Å². The average molecular weight is 1190 g/mol. The van der Waals surface area contributed by atoms with E-state index in [2.05, 4.69) is 68.8 Å². The monoisotopic (exact) mass is 1190 g/mol.